The Bertz CT molecular complexity index is 965. The van der Waals surface area contributed by atoms with Crippen molar-refractivity contribution in [3.63, 3.8) is 0 Å². The molecule has 0 aromatic heterocycles. The van der Waals surface area contributed by atoms with E-state index in [0.29, 0.717) is 44.6 Å². The van der Waals surface area contributed by atoms with E-state index < -0.39 is 0 Å². The first-order valence-corrected chi connectivity index (χ1v) is 11.9. The van der Waals surface area contributed by atoms with Crippen molar-refractivity contribution in [3.8, 4) is 0 Å². The molecule has 33 heavy (non-hydrogen) atoms. The lowest BCUT2D eigenvalue weighted by atomic mass is 9.95. The lowest BCUT2D eigenvalue weighted by molar-refractivity contribution is -0.126. The molecule has 2 saturated heterocycles. The largest absolute Gasteiger partial charge is 0.372 e. The number of hydrogen-bond donors (Lipinski definition) is 2. The number of carbonyl (C=O) groups excluding carboxylic acids is 2. The summed E-state index contributed by atoms with van der Waals surface area (Å²) in [4.78, 5) is 29.4. The molecule has 0 radical (unpaired) electrons. The van der Waals surface area contributed by atoms with E-state index in [4.69, 9.17) is 0 Å². The zero-order valence-electron chi connectivity index (χ0n) is 19.3. The smallest absolute Gasteiger partial charge is 0.238 e. The molecule has 2 amide bonds. The van der Waals surface area contributed by atoms with Crippen LogP contribution < -0.4 is 15.5 Å². The molecule has 2 aromatic carbocycles. The van der Waals surface area contributed by atoms with Crippen molar-refractivity contribution in [1.29, 1.82) is 0 Å². The maximum absolute atomic E-state index is 13.7. The molecule has 2 heterocycles. The number of halogens is 1. The summed E-state index contributed by atoms with van der Waals surface area (Å²) in [5.41, 5.74) is 3.37. The van der Waals surface area contributed by atoms with Gasteiger partial charge in [-0.3, -0.25) is 14.5 Å². The summed E-state index contributed by atoms with van der Waals surface area (Å²) >= 11 is 0. The van der Waals surface area contributed by atoms with Crippen LogP contribution in [0.3, 0.4) is 0 Å². The predicted octanol–water partition coefficient (Wildman–Crippen LogP) is 3.70. The summed E-state index contributed by atoms with van der Waals surface area (Å²) in [6, 6.07) is 13.1. The van der Waals surface area contributed by atoms with Crippen molar-refractivity contribution in [2.45, 2.75) is 39.2 Å². The van der Waals surface area contributed by atoms with Gasteiger partial charge in [0, 0.05) is 36.9 Å². The maximum Gasteiger partial charge on any atom is 0.238 e. The van der Waals surface area contributed by atoms with Crippen LogP contribution in [-0.2, 0) is 16.1 Å². The van der Waals surface area contributed by atoms with Crippen molar-refractivity contribution >= 4 is 23.2 Å². The Morgan fingerprint density at radius 2 is 1.70 bits per heavy atom. The third-order valence-corrected chi connectivity index (χ3v) is 6.65. The van der Waals surface area contributed by atoms with Crippen LogP contribution in [0, 0.1) is 18.7 Å². The fourth-order valence-electron chi connectivity index (χ4n) is 4.57. The van der Waals surface area contributed by atoms with Gasteiger partial charge in [0.15, 0.2) is 0 Å². The quantitative estimate of drug-likeness (QED) is 0.672. The van der Waals surface area contributed by atoms with E-state index in [1.165, 1.54) is 24.6 Å². The van der Waals surface area contributed by atoms with Crippen molar-refractivity contribution in [3.05, 3.63) is 59.4 Å². The van der Waals surface area contributed by atoms with Crippen LogP contribution in [0.1, 0.15) is 36.8 Å². The fourth-order valence-corrected chi connectivity index (χ4v) is 4.57. The van der Waals surface area contributed by atoms with Crippen LogP contribution >= 0.6 is 0 Å². The van der Waals surface area contributed by atoms with Gasteiger partial charge in [-0.25, -0.2) is 4.39 Å². The van der Waals surface area contributed by atoms with Gasteiger partial charge in [-0.2, -0.15) is 0 Å². The minimum Gasteiger partial charge on any atom is -0.372 e. The molecule has 7 heteroatoms. The number of rotatable bonds is 7. The Hall–Kier alpha value is -2.93. The number of nitrogens with one attached hydrogen (secondary N) is 2. The number of amides is 2. The number of likely N-dealkylation sites (tertiary alicyclic amines) is 1. The molecule has 2 aliphatic rings. The molecule has 6 nitrogen and oxygen atoms in total. The summed E-state index contributed by atoms with van der Waals surface area (Å²) in [7, 11) is 0. The molecule has 4 rings (SSSR count). The molecular formula is C26H33FN4O2. The lowest BCUT2D eigenvalue weighted by Gasteiger charge is -2.30. The van der Waals surface area contributed by atoms with Gasteiger partial charge in [0.05, 0.1) is 6.54 Å². The molecule has 0 spiro atoms. The first-order chi connectivity index (χ1) is 16.0. The highest BCUT2D eigenvalue weighted by molar-refractivity contribution is 5.92. The number of anilines is 2. The van der Waals surface area contributed by atoms with Crippen LogP contribution in [0.5, 0.6) is 0 Å². The first kappa shape index (κ1) is 23.2. The summed E-state index contributed by atoms with van der Waals surface area (Å²) in [6.07, 6.45) is 3.91. The molecule has 176 valence electrons. The molecule has 2 N–H and O–H groups in total. The molecule has 2 fully saturated rings. The van der Waals surface area contributed by atoms with Crippen LogP contribution in [0.4, 0.5) is 15.8 Å². The van der Waals surface area contributed by atoms with Crippen LogP contribution in [-0.4, -0.2) is 49.4 Å². The van der Waals surface area contributed by atoms with Gasteiger partial charge in [-0.1, -0.05) is 12.1 Å². The number of piperidine rings is 1. The lowest BCUT2D eigenvalue weighted by Crippen LogP contribution is -2.43. The highest BCUT2D eigenvalue weighted by atomic mass is 19.1. The van der Waals surface area contributed by atoms with Gasteiger partial charge in [-0.05, 0) is 87.2 Å². The molecule has 0 saturated carbocycles. The van der Waals surface area contributed by atoms with Crippen molar-refractivity contribution < 1.29 is 14.0 Å². The predicted molar refractivity (Wildman–Crippen MR) is 129 cm³/mol. The zero-order chi connectivity index (χ0) is 23.2. The summed E-state index contributed by atoms with van der Waals surface area (Å²) < 4.78 is 13.7. The third-order valence-electron chi connectivity index (χ3n) is 6.65. The van der Waals surface area contributed by atoms with E-state index in [1.807, 2.05) is 18.2 Å². The Morgan fingerprint density at radius 1 is 1.00 bits per heavy atom. The molecule has 0 atom stereocenters. The maximum atomic E-state index is 13.7. The van der Waals surface area contributed by atoms with Crippen molar-refractivity contribution in [1.82, 2.24) is 10.2 Å². The molecule has 0 bridgehead atoms. The number of hydrogen-bond acceptors (Lipinski definition) is 4. The Morgan fingerprint density at radius 3 is 2.36 bits per heavy atom. The number of benzene rings is 2. The monoisotopic (exact) mass is 452 g/mol. The average Bonchev–Trinajstić information content (AvgIpc) is 3.35. The zero-order valence-corrected chi connectivity index (χ0v) is 19.3. The van der Waals surface area contributed by atoms with E-state index in [2.05, 4.69) is 32.6 Å². The van der Waals surface area contributed by atoms with E-state index in [-0.39, 0.29) is 23.5 Å². The van der Waals surface area contributed by atoms with Gasteiger partial charge < -0.3 is 15.5 Å². The molecular weight excluding hydrogens is 419 g/mol. The molecule has 0 aliphatic carbocycles. The van der Waals surface area contributed by atoms with E-state index >= 15 is 0 Å². The van der Waals surface area contributed by atoms with Gasteiger partial charge in [0.1, 0.15) is 5.82 Å². The van der Waals surface area contributed by atoms with Crippen LogP contribution in [0.25, 0.3) is 0 Å². The summed E-state index contributed by atoms with van der Waals surface area (Å²) in [5, 5.41) is 5.90. The Balaban J connectivity index is 1.17. The molecule has 2 aromatic rings. The van der Waals surface area contributed by atoms with Crippen molar-refractivity contribution in [2.24, 2.45) is 5.92 Å². The average molecular weight is 453 g/mol. The van der Waals surface area contributed by atoms with Gasteiger partial charge in [-0.15, -0.1) is 0 Å². The van der Waals surface area contributed by atoms with Crippen molar-refractivity contribution in [2.75, 3.05) is 42.9 Å². The molecule has 2 aliphatic heterocycles. The highest BCUT2D eigenvalue weighted by Crippen LogP contribution is 2.22. The Labute approximate surface area is 195 Å². The minimum atomic E-state index is -0.254. The first-order valence-electron chi connectivity index (χ1n) is 11.9. The third kappa shape index (κ3) is 6.32. The van der Waals surface area contributed by atoms with Gasteiger partial charge in [0.2, 0.25) is 11.8 Å². The fraction of sp³-hybridized carbons (Fsp3) is 0.462. The number of aryl methyl sites for hydroxylation is 1. The standard InChI is InChI=1S/C26H33FN4O2/c1-19-4-5-20(16-24(19)27)17-28-26(33)21-10-14-30(15-11-21)18-25(32)29-22-6-8-23(9-7-22)31-12-2-3-13-31/h4-9,16,21H,2-3,10-15,17-18H2,1H3,(H,28,33)(H,29,32). The molecule has 0 unspecified atom stereocenters. The summed E-state index contributed by atoms with van der Waals surface area (Å²) in [5.74, 6) is -0.361. The number of carbonyl (C=O) groups is 2. The van der Waals surface area contributed by atoms with E-state index in [0.717, 1.165) is 24.3 Å². The van der Waals surface area contributed by atoms with Crippen LogP contribution in [0.15, 0.2) is 42.5 Å². The van der Waals surface area contributed by atoms with Gasteiger partial charge >= 0.3 is 0 Å². The minimum absolute atomic E-state index is 0.00169. The topological polar surface area (TPSA) is 64.7 Å². The summed E-state index contributed by atoms with van der Waals surface area (Å²) in [6.45, 7) is 5.99. The second-order valence-corrected chi connectivity index (χ2v) is 9.14. The van der Waals surface area contributed by atoms with Crippen LogP contribution in [0.2, 0.25) is 0 Å². The Kier molecular flexibility index (Phi) is 7.60. The van der Waals surface area contributed by atoms with Gasteiger partial charge in [0.25, 0.3) is 0 Å². The second kappa shape index (κ2) is 10.8. The number of nitrogens with zero attached hydrogens (tertiary/aromatic N) is 2. The highest BCUT2D eigenvalue weighted by Gasteiger charge is 2.25. The van der Waals surface area contributed by atoms with E-state index in [1.54, 1.807) is 13.0 Å². The normalized spacial score (nSPS) is 17.2. The SMILES string of the molecule is Cc1ccc(CNC(=O)C2CCN(CC(=O)Nc3ccc(N4CCCC4)cc3)CC2)cc1F. The van der Waals surface area contributed by atoms with E-state index in [9.17, 15) is 14.0 Å². The second-order valence-electron chi connectivity index (χ2n) is 9.14.